The van der Waals surface area contributed by atoms with E-state index in [2.05, 4.69) is 4.52 Å². The largest absolute Gasteiger partial charge is 0.460 e. The molecule has 0 rings (SSSR count). The van der Waals surface area contributed by atoms with Gasteiger partial charge < -0.3 is 14.2 Å². The van der Waals surface area contributed by atoms with Crippen LogP contribution in [0.1, 0.15) is 34.1 Å². The van der Waals surface area contributed by atoms with Crippen molar-refractivity contribution in [3.05, 3.63) is 0 Å². The van der Waals surface area contributed by atoms with Crippen molar-refractivity contribution in [3.63, 3.8) is 0 Å². The first-order valence-electron chi connectivity index (χ1n) is 4.53. The maximum atomic E-state index is 10.9. The summed E-state index contributed by atoms with van der Waals surface area (Å²) in [5.74, 6) is -0.329. The Labute approximate surface area is 91.3 Å². The summed E-state index contributed by atoms with van der Waals surface area (Å²) < 4.78 is 20.4. The van der Waals surface area contributed by atoms with Crippen LogP contribution in [0.4, 0.5) is 0 Å². The highest BCUT2D eigenvalue weighted by Gasteiger charge is 2.17. The van der Waals surface area contributed by atoms with Gasteiger partial charge in [-0.25, -0.2) is 0 Å². The van der Waals surface area contributed by atoms with Gasteiger partial charge in [0.15, 0.2) is 0 Å². The molecule has 0 radical (unpaired) electrons. The van der Waals surface area contributed by atoms with E-state index in [4.69, 9.17) is 9.63 Å². The van der Waals surface area contributed by atoms with Crippen molar-refractivity contribution in [2.75, 3.05) is 13.3 Å². The Morgan fingerprint density at radius 1 is 1.47 bits per heavy atom. The number of carbonyl (C=O) groups is 1. The molecular weight excluding hydrogens is 219 g/mol. The summed E-state index contributed by atoms with van der Waals surface area (Å²) >= 11 is 0. The zero-order chi connectivity index (χ0) is 11.2. The molecule has 0 amide bonds. The van der Waals surface area contributed by atoms with Crippen LogP contribution in [0.25, 0.3) is 0 Å². The molecule has 0 bridgehead atoms. The van der Waals surface area contributed by atoms with E-state index in [1.165, 1.54) is 0 Å². The van der Waals surface area contributed by atoms with Crippen LogP contribution in [-0.4, -0.2) is 30.2 Å². The molecule has 0 heterocycles. The fourth-order valence-electron chi connectivity index (χ4n) is 0.726. The van der Waals surface area contributed by atoms with Gasteiger partial charge in [-0.3, -0.25) is 9.36 Å². The quantitative estimate of drug-likeness (QED) is 0.569. The first-order chi connectivity index (χ1) is 6.39. The number of ether oxygens (including phenoxy) is 1. The van der Waals surface area contributed by atoms with Gasteiger partial charge in [-0.15, -0.1) is 0 Å². The van der Waals surface area contributed by atoms with Crippen molar-refractivity contribution in [1.82, 2.24) is 0 Å². The Hall–Kier alpha value is -0.380. The third-order valence-corrected chi connectivity index (χ3v) is 2.17. The number of hydrogen-bond donors (Lipinski definition) is 1. The predicted octanol–water partition coefficient (Wildman–Crippen LogP) is 2.19. The smallest absolute Gasteiger partial charge is 0.325 e. The van der Waals surface area contributed by atoms with E-state index in [1.807, 2.05) is 6.92 Å². The Kier molecular flexibility index (Phi) is 8.92. The normalized spacial score (nSPS) is 16.0. The first-order valence-corrected chi connectivity index (χ1v) is 6.55. The highest BCUT2D eigenvalue weighted by atomic mass is 31.2. The van der Waals surface area contributed by atoms with Gasteiger partial charge in [-0.05, 0) is 6.42 Å². The van der Waals surface area contributed by atoms with Crippen molar-refractivity contribution in [2.45, 2.75) is 40.2 Å². The molecule has 0 aromatic heterocycles. The molecule has 1 N–H and O–H groups in total. The topological polar surface area (TPSA) is 72.8 Å². The second-order valence-electron chi connectivity index (χ2n) is 2.97. The van der Waals surface area contributed by atoms with Crippen LogP contribution in [0.2, 0.25) is 0 Å². The lowest BCUT2D eigenvalue weighted by Crippen LogP contribution is -2.21. The molecule has 0 aromatic carbocycles. The Bertz CT molecular complexity index is 223. The van der Waals surface area contributed by atoms with Crippen LogP contribution >= 0.6 is 7.60 Å². The Morgan fingerprint density at radius 3 is 2.33 bits per heavy atom. The van der Waals surface area contributed by atoms with E-state index < -0.39 is 13.7 Å². The highest BCUT2D eigenvalue weighted by Crippen LogP contribution is 2.36. The lowest BCUT2D eigenvalue weighted by atomic mass is 10.3. The van der Waals surface area contributed by atoms with Gasteiger partial charge >= 0.3 is 13.6 Å². The van der Waals surface area contributed by atoms with E-state index in [9.17, 15) is 9.36 Å². The molecule has 0 aliphatic rings. The average molecular weight is 240 g/mol. The molecule has 0 saturated carbocycles. The zero-order valence-electron chi connectivity index (χ0n) is 8.73. The van der Waals surface area contributed by atoms with Crippen LogP contribution < -0.4 is 0 Å². The minimum absolute atomic E-state index is 0. The van der Waals surface area contributed by atoms with E-state index >= 15 is 0 Å². The summed E-state index contributed by atoms with van der Waals surface area (Å²) in [6, 6.07) is 0. The first kappa shape index (κ1) is 17.0. The lowest BCUT2D eigenvalue weighted by molar-refractivity contribution is -0.150. The molecule has 0 fully saturated rings. The van der Waals surface area contributed by atoms with E-state index in [-0.39, 0.29) is 20.0 Å². The van der Waals surface area contributed by atoms with Crippen molar-refractivity contribution in [1.29, 1.82) is 0 Å². The summed E-state index contributed by atoms with van der Waals surface area (Å²) in [6.07, 6.45) is 0.411. The lowest BCUT2D eigenvalue weighted by Gasteiger charge is -2.16. The fourth-order valence-corrected chi connectivity index (χ4v) is 1.17. The summed E-state index contributed by atoms with van der Waals surface area (Å²) in [4.78, 5) is 19.7. The Morgan fingerprint density at radius 2 is 2.00 bits per heavy atom. The Balaban J connectivity index is 0. The van der Waals surface area contributed by atoms with Crippen LogP contribution in [-0.2, 0) is 18.6 Å². The molecule has 0 aromatic rings. The van der Waals surface area contributed by atoms with Crippen LogP contribution in [0, 0.1) is 0 Å². The molecule has 0 spiro atoms. The number of esters is 1. The second kappa shape index (κ2) is 7.85. The third-order valence-electron chi connectivity index (χ3n) is 1.54. The van der Waals surface area contributed by atoms with Gasteiger partial charge in [-0.1, -0.05) is 21.3 Å². The van der Waals surface area contributed by atoms with Crippen LogP contribution in [0.15, 0.2) is 0 Å². The summed E-state index contributed by atoms with van der Waals surface area (Å²) in [7, 11) is -3.48. The van der Waals surface area contributed by atoms with E-state index in [0.29, 0.717) is 12.8 Å². The summed E-state index contributed by atoms with van der Waals surface area (Å²) in [5, 5.41) is 0. The summed E-state index contributed by atoms with van der Waals surface area (Å²) in [5.41, 5.74) is 0. The molecule has 0 saturated heterocycles. The summed E-state index contributed by atoms with van der Waals surface area (Å²) in [6.45, 7) is 4.56. The van der Waals surface area contributed by atoms with Gasteiger partial charge in [0, 0.05) is 13.1 Å². The number of carbonyl (C=O) groups excluding carboxylic acids is 1. The monoisotopic (exact) mass is 240 g/mol. The fraction of sp³-hybridized carbons (Fsp3) is 0.889. The van der Waals surface area contributed by atoms with Crippen molar-refractivity contribution >= 4 is 13.6 Å². The molecule has 6 heteroatoms. The average Bonchev–Trinajstić information content (AvgIpc) is 2.10. The van der Waals surface area contributed by atoms with Crippen molar-refractivity contribution in [3.8, 4) is 0 Å². The molecule has 0 aliphatic carbocycles. The predicted molar refractivity (Wildman–Crippen MR) is 58.9 cm³/mol. The van der Waals surface area contributed by atoms with E-state index in [1.54, 1.807) is 6.92 Å². The van der Waals surface area contributed by atoms with Gasteiger partial charge in [0.1, 0.15) is 6.10 Å². The zero-order valence-corrected chi connectivity index (χ0v) is 9.62. The maximum absolute atomic E-state index is 10.9. The van der Waals surface area contributed by atoms with Gasteiger partial charge in [0.2, 0.25) is 0 Å². The standard InChI is InChI=1S/C8H17O5P.CH4/c1-4-7(13-8(9)5-2)6-12-14(3,10)11;/h7H,4-6H2,1-3H3,(H,10,11);1H4. The second-order valence-corrected chi connectivity index (χ2v) is 4.84. The number of hydrogen-bond acceptors (Lipinski definition) is 4. The maximum Gasteiger partial charge on any atom is 0.325 e. The molecule has 0 aliphatic heterocycles. The molecule has 2 unspecified atom stereocenters. The minimum atomic E-state index is -3.48. The van der Waals surface area contributed by atoms with Gasteiger partial charge in [0.05, 0.1) is 6.61 Å². The third kappa shape index (κ3) is 9.91. The minimum Gasteiger partial charge on any atom is -0.460 e. The van der Waals surface area contributed by atoms with Gasteiger partial charge in [0.25, 0.3) is 0 Å². The number of rotatable bonds is 6. The van der Waals surface area contributed by atoms with Crippen molar-refractivity contribution < 1.29 is 23.5 Å². The molecule has 15 heavy (non-hydrogen) atoms. The van der Waals surface area contributed by atoms with Crippen LogP contribution in [0.3, 0.4) is 0 Å². The SMILES string of the molecule is C.CCC(=O)OC(CC)COP(C)(=O)O. The van der Waals surface area contributed by atoms with Crippen molar-refractivity contribution in [2.24, 2.45) is 0 Å². The molecule has 92 valence electrons. The molecular formula is C9H21O5P. The van der Waals surface area contributed by atoms with Crippen LogP contribution in [0.5, 0.6) is 0 Å². The molecule has 2 atom stereocenters. The van der Waals surface area contributed by atoms with Gasteiger partial charge in [-0.2, -0.15) is 0 Å². The van der Waals surface area contributed by atoms with E-state index in [0.717, 1.165) is 6.66 Å². The highest BCUT2D eigenvalue weighted by molar-refractivity contribution is 7.51. The molecule has 5 nitrogen and oxygen atoms in total.